The van der Waals surface area contributed by atoms with Crippen LogP contribution in [0.5, 0.6) is 5.75 Å². The lowest BCUT2D eigenvalue weighted by molar-refractivity contribution is -0.139. The van der Waals surface area contributed by atoms with Gasteiger partial charge in [0.25, 0.3) is 5.91 Å². The first-order valence-electron chi connectivity index (χ1n) is 12.8. The molecule has 224 valence electrons. The molecule has 1 amide bonds. The highest BCUT2D eigenvalue weighted by atomic mass is 19.4. The smallest absolute Gasteiger partial charge is 0.416 e. The number of Topliss-reactive ketones (excluding diaryl/α,β-unsaturated/α-hetero) is 2. The number of aromatic hydroxyl groups is 1. The number of nitriles is 1. The van der Waals surface area contributed by atoms with Gasteiger partial charge in [-0.25, -0.2) is 0 Å². The quantitative estimate of drug-likeness (QED) is 0.281. The maximum Gasteiger partial charge on any atom is 0.416 e. The number of aliphatic hydroxyl groups is 2. The number of aliphatic hydroxyl groups excluding tert-OH is 2. The second kappa shape index (κ2) is 9.14. The van der Waals surface area contributed by atoms with E-state index < -0.39 is 86.6 Å². The zero-order chi connectivity index (χ0) is 32.0. The molecule has 2 aromatic rings. The molecule has 0 unspecified atom stereocenters. The molecule has 0 aliphatic heterocycles. The van der Waals surface area contributed by atoms with Crippen LogP contribution in [0.25, 0.3) is 16.9 Å². The zero-order valence-corrected chi connectivity index (χ0v) is 22.8. The van der Waals surface area contributed by atoms with Crippen molar-refractivity contribution < 1.29 is 42.9 Å². The number of halogens is 3. The highest BCUT2D eigenvalue weighted by molar-refractivity contribution is 6.25. The van der Waals surface area contributed by atoms with E-state index in [9.17, 15) is 48.1 Å². The van der Waals surface area contributed by atoms with Crippen LogP contribution >= 0.6 is 0 Å². The molecule has 5 rings (SSSR count). The van der Waals surface area contributed by atoms with Crippen molar-refractivity contribution in [3.8, 4) is 22.9 Å². The number of phenolic OH excluding ortho intramolecular Hbond substituents is 1. The van der Waals surface area contributed by atoms with Gasteiger partial charge in [-0.3, -0.25) is 19.3 Å². The minimum atomic E-state index is -4.59. The maximum atomic E-state index is 14.4. The summed E-state index contributed by atoms with van der Waals surface area (Å²) in [7, 11) is 2.79. The van der Waals surface area contributed by atoms with Crippen LogP contribution in [-0.2, 0) is 27.0 Å². The van der Waals surface area contributed by atoms with Crippen LogP contribution in [0.2, 0.25) is 0 Å². The van der Waals surface area contributed by atoms with Crippen molar-refractivity contribution in [1.82, 2.24) is 4.90 Å². The van der Waals surface area contributed by atoms with Crippen molar-refractivity contribution in [2.45, 2.75) is 36.1 Å². The zero-order valence-electron chi connectivity index (χ0n) is 22.8. The van der Waals surface area contributed by atoms with Crippen molar-refractivity contribution in [2.24, 2.45) is 22.6 Å². The van der Waals surface area contributed by atoms with E-state index in [0.717, 1.165) is 18.2 Å². The third-order valence-electron chi connectivity index (χ3n) is 8.66. The summed E-state index contributed by atoms with van der Waals surface area (Å²) in [6.45, 7) is 0. The largest absolute Gasteiger partial charge is 0.509 e. The van der Waals surface area contributed by atoms with Crippen molar-refractivity contribution in [1.29, 1.82) is 5.26 Å². The average Bonchev–Trinajstić information content (AvgIpc) is 2.87. The Labute approximate surface area is 242 Å². The van der Waals surface area contributed by atoms with Crippen molar-refractivity contribution in [3.63, 3.8) is 0 Å². The Hall–Kier alpha value is -4.71. The highest BCUT2D eigenvalue weighted by Gasteiger charge is 2.74. The summed E-state index contributed by atoms with van der Waals surface area (Å²) in [6, 6.07) is 6.80. The molecule has 0 spiro atoms. The number of hydrogen-bond donors (Lipinski definition) is 6. The Kier molecular flexibility index (Phi) is 6.33. The Morgan fingerprint density at radius 2 is 1.67 bits per heavy atom. The van der Waals surface area contributed by atoms with Crippen LogP contribution in [0, 0.1) is 16.7 Å². The van der Waals surface area contributed by atoms with Gasteiger partial charge in [-0.2, -0.15) is 18.4 Å². The van der Waals surface area contributed by atoms with Gasteiger partial charge < -0.3 is 32.5 Å². The number of fused-ring (bicyclic) bond motifs is 3. The lowest BCUT2D eigenvalue weighted by Gasteiger charge is -2.58. The summed E-state index contributed by atoms with van der Waals surface area (Å²) < 4.78 is 39.6. The number of amides is 1. The molecular formula is C29H26F3N5O6. The molecule has 14 heteroatoms. The molecule has 1 saturated carbocycles. The van der Waals surface area contributed by atoms with Crippen LogP contribution < -0.4 is 17.2 Å². The second-order valence-corrected chi connectivity index (χ2v) is 11.3. The Morgan fingerprint density at radius 3 is 2.19 bits per heavy atom. The normalized spacial score (nSPS) is 28.8. The number of alkyl halides is 3. The first-order valence-corrected chi connectivity index (χ1v) is 12.8. The van der Waals surface area contributed by atoms with E-state index >= 15 is 0 Å². The number of rotatable bonds is 3. The van der Waals surface area contributed by atoms with E-state index in [2.05, 4.69) is 0 Å². The standard InChI is InChI=1S/C29H26F3N5O6/c1-37(2)22-21(40)18(25(34)43)23(41)27(11-33)24(42)19-20(39)17-15(9-26(19,35)10-28(22,27)36)14(7-8-16(17)38)12-3-5-13(6-4-12)29(30,31)32/h3-8,22,38-39,41H,9-10,35-36H2,1-2H3,(H2,34,43)/t22-,26-,27+,28-/m1/s1. The SMILES string of the molecule is CN(C)[C@@H]1C(=O)C(C(N)=O)=C(O)[C@@]2(C#N)C(=O)C3=C(O)c4c(O)ccc(-c5ccc(C(F)(F)F)cc5)c4C[C@@]3(N)C[C@@]12N. The molecule has 0 saturated heterocycles. The molecule has 1 fully saturated rings. The van der Waals surface area contributed by atoms with Gasteiger partial charge in [0.1, 0.15) is 22.8 Å². The average molecular weight is 598 g/mol. The van der Waals surface area contributed by atoms with Crippen molar-refractivity contribution >= 4 is 23.2 Å². The molecule has 3 aliphatic carbocycles. The van der Waals surface area contributed by atoms with E-state index in [-0.39, 0.29) is 28.7 Å². The fourth-order valence-corrected chi connectivity index (χ4v) is 6.94. The topological polar surface area (TPSA) is 217 Å². The van der Waals surface area contributed by atoms with Gasteiger partial charge in [0.05, 0.1) is 39.9 Å². The van der Waals surface area contributed by atoms with E-state index in [4.69, 9.17) is 17.2 Å². The van der Waals surface area contributed by atoms with Gasteiger partial charge in [0, 0.05) is 0 Å². The Balaban J connectivity index is 1.81. The predicted molar refractivity (Wildman–Crippen MR) is 145 cm³/mol. The van der Waals surface area contributed by atoms with Gasteiger partial charge in [0.15, 0.2) is 17.0 Å². The maximum absolute atomic E-state index is 14.4. The summed E-state index contributed by atoms with van der Waals surface area (Å²) >= 11 is 0. The molecular weight excluding hydrogens is 571 g/mol. The van der Waals surface area contributed by atoms with E-state index in [1.54, 1.807) is 6.07 Å². The van der Waals surface area contributed by atoms with Gasteiger partial charge in [-0.15, -0.1) is 0 Å². The van der Waals surface area contributed by atoms with Gasteiger partial charge in [0.2, 0.25) is 0 Å². The van der Waals surface area contributed by atoms with Crippen molar-refractivity contribution in [3.05, 3.63) is 70.0 Å². The number of hydrogen-bond acceptors (Lipinski definition) is 10. The monoisotopic (exact) mass is 597 g/mol. The fraction of sp³-hybridized carbons (Fsp3) is 0.310. The number of nitrogens with two attached hydrogens (primary N) is 3. The summed E-state index contributed by atoms with van der Waals surface area (Å²) in [5.41, 5.74) is 9.92. The van der Waals surface area contributed by atoms with Crippen molar-refractivity contribution in [2.75, 3.05) is 14.1 Å². The summed E-state index contributed by atoms with van der Waals surface area (Å²) in [4.78, 5) is 41.4. The molecule has 4 atom stereocenters. The number of benzene rings is 2. The third-order valence-corrected chi connectivity index (χ3v) is 8.66. The van der Waals surface area contributed by atoms with Gasteiger partial charge in [-0.1, -0.05) is 18.2 Å². The van der Waals surface area contributed by atoms with Crippen LogP contribution in [0.4, 0.5) is 13.2 Å². The molecule has 9 N–H and O–H groups in total. The molecule has 0 heterocycles. The lowest BCUT2D eigenvalue weighted by atomic mass is 9.47. The lowest BCUT2D eigenvalue weighted by Crippen LogP contribution is -2.80. The van der Waals surface area contributed by atoms with Crippen LogP contribution in [0.15, 0.2) is 53.3 Å². The predicted octanol–water partition coefficient (Wildman–Crippen LogP) is 1.59. The molecule has 43 heavy (non-hydrogen) atoms. The van der Waals surface area contributed by atoms with Gasteiger partial charge in [-0.05, 0) is 61.8 Å². The first-order chi connectivity index (χ1) is 19.9. The minimum absolute atomic E-state index is 0.158. The minimum Gasteiger partial charge on any atom is -0.509 e. The van der Waals surface area contributed by atoms with Crippen LogP contribution in [0.1, 0.15) is 23.1 Å². The Bertz CT molecular complexity index is 1740. The fourth-order valence-electron chi connectivity index (χ4n) is 6.94. The number of ketones is 2. The molecule has 3 aliphatic rings. The number of carbonyl (C=O) groups excluding carboxylic acids is 3. The molecule has 11 nitrogen and oxygen atoms in total. The number of carbonyl (C=O) groups is 3. The molecule has 0 radical (unpaired) electrons. The van der Waals surface area contributed by atoms with Crippen LogP contribution in [-0.4, -0.2) is 68.9 Å². The number of nitrogens with zero attached hydrogens (tertiary/aromatic N) is 2. The molecule has 0 aromatic heterocycles. The Morgan fingerprint density at radius 1 is 1.07 bits per heavy atom. The number of likely N-dealkylation sites (N-methyl/N-ethyl adjacent to an activating group) is 1. The number of phenols is 1. The third kappa shape index (κ3) is 3.75. The summed E-state index contributed by atoms with van der Waals surface area (Å²) in [6.07, 6.45) is -5.50. The van der Waals surface area contributed by atoms with Crippen LogP contribution in [0.3, 0.4) is 0 Å². The first kappa shape index (κ1) is 29.8. The highest BCUT2D eigenvalue weighted by Crippen LogP contribution is 2.58. The van der Waals surface area contributed by atoms with Gasteiger partial charge >= 0.3 is 6.18 Å². The molecule has 2 aromatic carbocycles. The second-order valence-electron chi connectivity index (χ2n) is 11.3. The molecule has 0 bridgehead atoms. The summed E-state index contributed by atoms with van der Waals surface area (Å²) in [5.74, 6) is -6.39. The van der Waals surface area contributed by atoms with E-state index in [1.807, 2.05) is 0 Å². The number of primary amides is 1. The van der Waals surface area contributed by atoms with E-state index in [1.165, 1.54) is 37.2 Å². The van der Waals surface area contributed by atoms with E-state index in [0.29, 0.717) is 0 Å². The summed E-state index contributed by atoms with van der Waals surface area (Å²) in [5, 5.41) is 44.0.